The molecule has 6 nitrogen and oxygen atoms in total. The molecule has 1 aromatic carbocycles. The molecule has 2 N–H and O–H groups in total. The summed E-state index contributed by atoms with van der Waals surface area (Å²) in [6.07, 6.45) is -6.40. The van der Waals surface area contributed by atoms with Gasteiger partial charge in [0.25, 0.3) is 5.91 Å². The first-order valence-electron chi connectivity index (χ1n) is 11.3. The van der Waals surface area contributed by atoms with Crippen LogP contribution in [-0.2, 0) is 6.42 Å². The number of likely N-dealkylation sites (tertiary alicyclic amines) is 1. The van der Waals surface area contributed by atoms with Gasteiger partial charge >= 0.3 is 6.18 Å². The van der Waals surface area contributed by atoms with Gasteiger partial charge in [-0.3, -0.25) is 4.79 Å². The van der Waals surface area contributed by atoms with Crippen LogP contribution in [0, 0.1) is 17.7 Å². The third kappa shape index (κ3) is 5.94. The lowest BCUT2D eigenvalue weighted by molar-refractivity contribution is -0.127. The predicted octanol–water partition coefficient (Wildman–Crippen LogP) is 3.81. The van der Waals surface area contributed by atoms with E-state index in [1.807, 2.05) is 11.9 Å². The second-order valence-corrected chi connectivity index (χ2v) is 8.61. The lowest BCUT2D eigenvalue weighted by Gasteiger charge is -2.33. The fourth-order valence-corrected chi connectivity index (χ4v) is 4.11. The van der Waals surface area contributed by atoms with Crippen LogP contribution in [0.25, 0.3) is 5.52 Å². The van der Waals surface area contributed by atoms with Gasteiger partial charge in [-0.15, -0.1) is 0 Å². The minimum Gasteiger partial charge on any atom is -0.364 e. The highest BCUT2D eigenvalue weighted by Gasteiger charge is 2.32. The standard InChI is InChI=1S/C25H24F5N5O/c1-34-13-11-21(19(27)15-34)32-23-10-4-9-22-17(14-25(28,29)30)20(33-35(22)23)8-5-12-31-24(36)16-6-2-3-7-18(16)26/h2-4,6-7,9-10,19,21,32H,11-15H2,1H3,(H,31,36)/t19-,21+/m0/s1. The van der Waals surface area contributed by atoms with Crippen molar-refractivity contribution in [2.75, 3.05) is 32.0 Å². The number of carbonyl (C=O) groups is 1. The Morgan fingerprint density at radius 2 is 1.97 bits per heavy atom. The van der Waals surface area contributed by atoms with Crippen LogP contribution >= 0.6 is 0 Å². The first-order chi connectivity index (χ1) is 17.1. The molecule has 1 saturated heterocycles. The van der Waals surface area contributed by atoms with Gasteiger partial charge in [0.05, 0.1) is 30.1 Å². The summed E-state index contributed by atoms with van der Waals surface area (Å²) in [7, 11) is 1.82. The van der Waals surface area contributed by atoms with Gasteiger partial charge < -0.3 is 15.5 Å². The predicted molar refractivity (Wildman–Crippen MR) is 125 cm³/mol. The summed E-state index contributed by atoms with van der Waals surface area (Å²) in [5.41, 5.74) is -0.206. The summed E-state index contributed by atoms with van der Waals surface area (Å²) in [6.45, 7) is 0.708. The minimum absolute atomic E-state index is 0.109. The van der Waals surface area contributed by atoms with E-state index in [2.05, 4.69) is 27.6 Å². The molecule has 11 heteroatoms. The van der Waals surface area contributed by atoms with Gasteiger partial charge in [0.15, 0.2) is 0 Å². The largest absolute Gasteiger partial charge is 0.393 e. The molecule has 2 aromatic heterocycles. The van der Waals surface area contributed by atoms with Crippen molar-refractivity contribution in [3.8, 4) is 11.8 Å². The number of alkyl halides is 4. The molecule has 0 saturated carbocycles. The maximum absolute atomic E-state index is 14.5. The molecule has 1 fully saturated rings. The van der Waals surface area contributed by atoms with E-state index in [-0.39, 0.29) is 35.4 Å². The number of pyridine rings is 1. The monoisotopic (exact) mass is 505 g/mol. The molecule has 0 spiro atoms. The summed E-state index contributed by atoms with van der Waals surface area (Å²) in [5.74, 6) is 4.14. The first kappa shape index (κ1) is 25.4. The topological polar surface area (TPSA) is 61.7 Å². The molecule has 36 heavy (non-hydrogen) atoms. The Balaban J connectivity index is 1.59. The maximum Gasteiger partial charge on any atom is 0.393 e. The molecule has 1 aliphatic heterocycles. The van der Waals surface area contributed by atoms with Crippen LogP contribution in [0.3, 0.4) is 0 Å². The van der Waals surface area contributed by atoms with Crippen molar-refractivity contribution < 1.29 is 26.7 Å². The van der Waals surface area contributed by atoms with Crippen LogP contribution in [0.15, 0.2) is 42.5 Å². The molecule has 1 aliphatic rings. The molecule has 0 unspecified atom stereocenters. The Hall–Kier alpha value is -3.65. The molecule has 1 amide bonds. The van der Waals surface area contributed by atoms with E-state index in [4.69, 9.17) is 0 Å². The average Bonchev–Trinajstić information content (AvgIpc) is 3.15. The Morgan fingerprint density at radius 1 is 1.19 bits per heavy atom. The van der Waals surface area contributed by atoms with Crippen molar-refractivity contribution >= 4 is 17.2 Å². The Bertz CT molecular complexity index is 1310. The number of amides is 1. The molecular formula is C25H24F5N5O. The summed E-state index contributed by atoms with van der Waals surface area (Å²) in [5, 5.41) is 9.76. The molecule has 3 heterocycles. The van der Waals surface area contributed by atoms with Gasteiger partial charge in [-0.1, -0.05) is 24.1 Å². The summed E-state index contributed by atoms with van der Waals surface area (Å²) < 4.78 is 69.7. The van der Waals surface area contributed by atoms with E-state index < -0.39 is 36.5 Å². The second kappa shape index (κ2) is 10.5. The Labute approximate surface area is 204 Å². The molecular weight excluding hydrogens is 481 g/mol. The van der Waals surface area contributed by atoms with Crippen molar-refractivity contribution in [3.63, 3.8) is 0 Å². The van der Waals surface area contributed by atoms with E-state index in [9.17, 15) is 26.7 Å². The fraction of sp³-hybridized carbons (Fsp3) is 0.360. The van der Waals surface area contributed by atoms with Crippen molar-refractivity contribution in [3.05, 3.63) is 65.1 Å². The lowest BCUT2D eigenvalue weighted by atomic mass is 10.0. The molecule has 0 radical (unpaired) electrons. The maximum atomic E-state index is 14.5. The number of piperidine rings is 1. The van der Waals surface area contributed by atoms with Crippen LogP contribution in [0.4, 0.5) is 27.8 Å². The lowest BCUT2D eigenvalue weighted by Crippen LogP contribution is -2.46. The number of nitrogens with zero attached hydrogens (tertiary/aromatic N) is 3. The summed E-state index contributed by atoms with van der Waals surface area (Å²) >= 11 is 0. The van der Waals surface area contributed by atoms with Gasteiger partial charge in [0.1, 0.15) is 23.5 Å². The highest BCUT2D eigenvalue weighted by molar-refractivity contribution is 5.94. The number of halogens is 5. The molecule has 0 bridgehead atoms. The number of hydrogen-bond donors (Lipinski definition) is 2. The number of rotatable bonds is 5. The van der Waals surface area contributed by atoms with Crippen molar-refractivity contribution in [2.24, 2.45) is 0 Å². The van der Waals surface area contributed by atoms with Gasteiger partial charge in [-0.25, -0.2) is 13.3 Å². The van der Waals surface area contributed by atoms with E-state index in [1.54, 1.807) is 12.1 Å². The highest BCUT2D eigenvalue weighted by atomic mass is 19.4. The van der Waals surface area contributed by atoms with Gasteiger partial charge in [-0.2, -0.15) is 18.3 Å². The number of benzene rings is 1. The number of fused-ring (bicyclic) bond motifs is 1. The molecule has 190 valence electrons. The quantitative estimate of drug-likeness (QED) is 0.409. The number of nitrogens with one attached hydrogen (secondary N) is 2. The molecule has 3 aromatic rings. The third-order valence-corrected chi connectivity index (χ3v) is 5.88. The molecule has 2 atom stereocenters. The van der Waals surface area contributed by atoms with Gasteiger partial charge in [0.2, 0.25) is 0 Å². The zero-order valence-corrected chi connectivity index (χ0v) is 19.4. The van der Waals surface area contributed by atoms with E-state index >= 15 is 0 Å². The van der Waals surface area contributed by atoms with Crippen LogP contribution in [0.5, 0.6) is 0 Å². The van der Waals surface area contributed by atoms with Crippen LogP contribution in [0.2, 0.25) is 0 Å². The minimum atomic E-state index is -4.51. The number of aromatic nitrogens is 2. The first-order valence-corrected chi connectivity index (χ1v) is 11.3. The van der Waals surface area contributed by atoms with Crippen LogP contribution in [0.1, 0.15) is 28.0 Å². The summed E-state index contributed by atoms with van der Waals surface area (Å²) in [6, 6.07) is 9.58. The van der Waals surface area contributed by atoms with E-state index in [0.717, 1.165) is 6.07 Å². The van der Waals surface area contributed by atoms with Crippen molar-refractivity contribution in [1.82, 2.24) is 19.8 Å². The van der Waals surface area contributed by atoms with Gasteiger partial charge in [0, 0.05) is 18.7 Å². The highest BCUT2D eigenvalue weighted by Crippen LogP contribution is 2.28. The molecule has 0 aliphatic carbocycles. The van der Waals surface area contributed by atoms with Gasteiger partial charge in [-0.05, 0) is 43.7 Å². The van der Waals surface area contributed by atoms with E-state index in [0.29, 0.717) is 18.8 Å². The zero-order chi connectivity index (χ0) is 25.9. The van der Waals surface area contributed by atoms with Crippen molar-refractivity contribution in [2.45, 2.75) is 31.2 Å². The Morgan fingerprint density at radius 3 is 2.69 bits per heavy atom. The van der Waals surface area contributed by atoms with Crippen LogP contribution in [-0.4, -0.2) is 65.5 Å². The smallest absolute Gasteiger partial charge is 0.364 e. The third-order valence-electron chi connectivity index (χ3n) is 5.88. The normalized spacial score (nSPS) is 18.5. The van der Waals surface area contributed by atoms with E-state index in [1.165, 1.54) is 28.8 Å². The summed E-state index contributed by atoms with van der Waals surface area (Å²) in [4.78, 5) is 14.0. The van der Waals surface area contributed by atoms with Crippen LogP contribution < -0.4 is 10.6 Å². The Kier molecular flexibility index (Phi) is 7.45. The van der Waals surface area contributed by atoms with Crippen molar-refractivity contribution in [1.29, 1.82) is 0 Å². The SMILES string of the molecule is CN1CC[C@@H](Nc2cccc3c(CC(F)(F)F)c(C#CCNC(=O)c4ccccc4F)nn23)[C@@H](F)C1. The fourth-order valence-electron chi connectivity index (χ4n) is 4.11. The second-order valence-electron chi connectivity index (χ2n) is 8.61. The number of hydrogen-bond acceptors (Lipinski definition) is 4. The number of carbonyl (C=O) groups excluding carboxylic acids is 1. The zero-order valence-electron chi connectivity index (χ0n) is 19.4. The average molecular weight is 505 g/mol. The number of anilines is 1. The molecule has 4 rings (SSSR count).